The van der Waals surface area contributed by atoms with E-state index < -0.39 is 0 Å². The number of benzene rings is 1. The summed E-state index contributed by atoms with van der Waals surface area (Å²) in [6.45, 7) is 11.2. The molecule has 0 amide bonds. The van der Waals surface area contributed by atoms with Crippen molar-refractivity contribution in [3.63, 3.8) is 0 Å². The second-order valence-corrected chi connectivity index (χ2v) is 7.17. The molecule has 1 heterocycles. The molecule has 4 heteroatoms. The summed E-state index contributed by atoms with van der Waals surface area (Å²) in [6, 6.07) is 6.25. The third-order valence-electron chi connectivity index (χ3n) is 4.77. The summed E-state index contributed by atoms with van der Waals surface area (Å²) >= 11 is 0. The first-order valence-electron chi connectivity index (χ1n) is 9.18. The van der Waals surface area contributed by atoms with Crippen LogP contribution in [0.15, 0.2) is 30.6 Å². The fourth-order valence-electron chi connectivity index (χ4n) is 3.06. The molecule has 0 saturated heterocycles. The summed E-state index contributed by atoms with van der Waals surface area (Å²) in [4.78, 5) is 16.8. The normalized spacial score (nSPS) is 12.4. The molecule has 1 aromatic heterocycles. The molecular weight excluding hydrogens is 312 g/mol. The van der Waals surface area contributed by atoms with Gasteiger partial charge in [-0.2, -0.15) is 0 Å². The minimum absolute atomic E-state index is 0.0309. The van der Waals surface area contributed by atoms with Gasteiger partial charge in [-0.3, -0.25) is 0 Å². The highest BCUT2D eigenvalue weighted by molar-refractivity contribution is 5.71. The SMILES string of the molecule is Cc1cccc([C@H](C)c2nccn2C(=O)OCCCCC(C)C)c1C. The molecule has 0 spiro atoms. The van der Waals surface area contributed by atoms with Gasteiger partial charge in [0.25, 0.3) is 0 Å². The number of unbranched alkanes of at least 4 members (excludes halogenated alkanes) is 1. The first-order chi connectivity index (χ1) is 11.9. The lowest BCUT2D eigenvalue weighted by molar-refractivity contribution is 0.144. The van der Waals surface area contributed by atoms with Crippen LogP contribution in [0.3, 0.4) is 0 Å². The second kappa shape index (κ2) is 8.84. The van der Waals surface area contributed by atoms with E-state index in [9.17, 15) is 4.79 Å². The molecule has 1 atom stereocenters. The standard InChI is InChI=1S/C21H30N2O2/c1-15(2)9-6-7-14-25-21(24)23-13-12-22-20(23)18(5)19-11-8-10-16(3)17(19)4/h8,10-13,15,18H,6-7,9,14H2,1-5H3/t18-/m0/s1. The van der Waals surface area contributed by atoms with Crippen molar-refractivity contribution in [1.82, 2.24) is 9.55 Å². The number of nitrogens with zero attached hydrogens (tertiary/aromatic N) is 2. The summed E-state index contributed by atoms with van der Waals surface area (Å²) in [5, 5.41) is 0. The Kier molecular flexibility index (Phi) is 6.80. The van der Waals surface area contributed by atoms with Crippen molar-refractivity contribution in [2.75, 3.05) is 6.61 Å². The van der Waals surface area contributed by atoms with Gasteiger partial charge < -0.3 is 4.74 Å². The Hall–Kier alpha value is -2.10. The van der Waals surface area contributed by atoms with Gasteiger partial charge in [-0.25, -0.2) is 14.3 Å². The number of ether oxygens (including phenoxy) is 1. The molecule has 0 unspecified atom stereocenters. The third-order valence-corrected chi connectivity index (χ3v) is 4.77. The molecule has 0 aliphatic heterocycles. The molecule has 0 N–H and O–H groups in total. The van der Waals surface area contributed by atoms with Crippen molar-refractivity contribution in [3.8, 4) is 0 Å². The van der Waals surface area contributed by atoms with Crippen molar-refractivity contribution in [2.45, 2.75) is 59.8 Å². The maximum absolute atomic E-state index is 12.4. The Morgan fingerprint density at radius 3 is 2.68 bits per heavy atom. The number of imidazole rings is 1. The van der Waals surface area contributed by atoms with Gasteiger partial charge in [-0.05, 0) is 49.3 Å². The van der Waals surface area contributed by atoms with Crippen molar-refractivity contribution in [3.05, 3.63) is 53.1 Å². The van der Waals surface area contributed by atoms with Crippen molar-refractivity contribution < 1.29 is 9.53 Å². The van der Waals surface area contributed by atoms with Crippen LogP contribution in [0.2, 0.25) is 0 Å². The minimum Gasteiger partial charge on any atom is -0.449 e. The average molecular weight is 342 g/mol. The zero-order chi connectivity index (χ0) is 18.4. The van der Waals surface area contributed by atoms with Gasteiger partial charge in [0.05, 0.1) is 6.61 Å². The number of aromatic nitrogens is 2. The molecule has 0 bridgehead atoms. The van der Waals surface area contributed by atoms with Crippen LogP contribution in [-0.2, 0) is 4.74 Å². The van der Waals surface area contributed by atoms with Crippen LogP contribution in [0.5, 0.6) is 0 Å². The van der Waals surface area contributed by atoms with Crippen LogP contribution in [-0.4, -0.2) is 22.3 Å². The number of rotatable bonds is 7. The van der Waals surface area contributed by atoms with Crippen LogP contribution in [0, 0.1) is 19.8 Å². The van der Waals surface area contributed by atoms with E-state index in [2.05, 4.69) is 57.8 Å². The van der Waals surface area contributed by atoms with Crippen molar-refractivity contribution in [1.29, 1.82) is 0 Å². The number of carbonyl (C=O) groups is 1. The molecular formula is C21H30N2O2. The molecule has 2 aromatic rings. The predicted octanol–water partition coefficient (Wildman–Crippen LogP) is 5.46. The zero-order valence-corrected chi connectivity index (χ0v) is 16.1. The molecule has 4 nitrogen and oxygen atoms in total. The highest BCUT2D eigenvalue weighted by Crippen LogP contribution is 2.27. The fraction of sp³-hybridized carbons (Fsp3) is 0.524. The number of carbonyl (C=O) groups excluding carboxylic acids is 1. The van der Waals surface area contributed by atoms with Gasteiger partial charge in [0.2, 0.25) is 0 Å². The van der Waals surface area contributed by atoms with Gasteiger partial charge in [-0.1, -0.05) is 45.4 Å². The molecule has 0 radical (unpaired) electrons. The highest BCUT2D eigenvalue weighted by atomic mass is 16.5. The Balaban J connectivity index is 2.04. The first-order valence-corrected chi connectivity index (χ1v) is 9.18. The van der Waals surface area contributed by atoms with E-state index in [-0.39, 0.29) is 12.0 Å². The van der Waals surface area contributed by atoms with Crippen LogP contribution in [0.4, 0.5) is 4.79 Å². The third kappa shape index (κ3) is 4.94. The van der Waals surface area contributed by atoms with Gasteiger partial charge in [0, 0.05) is 18.3 Å². The van der Waals surface area contributed by atoms with Gasteiger partial charge in [0.15, 0.2) is 0 Å². The molecule has 0 saturated carbocycles. The van der Waals surface area contributed by atoms with Crippen molar-refractivity contribution in [2.24, 2.45) is 5.92 Å². The lowest BCUT2D eigenvalue weighted by Crippen LogP contribution is -2.18. The second-order valence-electron chi connectivity index (χ2n) is 7.17. The summed E-state index contributed by atoms with van der Waals surface area (Å²) < 4.78 is 6.97. The lowest BCUT2D eigenvalue weighted by atomic mass is 9.93. The molecule has 0 fully saturated rings. The van der Waals surface area contributed by atoms with E-state index in [1.807, 2.05) is 0 Å². The van der Waals surface area contributed by atoms with Gasteiger partial charge >= 0.3 is 6.09 Å². The zero-order valence-electron chi connectivity index (χ0n) is 16.1. The maximum Gasteiger partial charge on any atom is 0.419 e. The summed E-state index contributed by atoms with van der Waals surface area (Å²) in [5.74, 6) is 1.44. The first kappa shape index (κ1) is 19.2. The monoisotopic (exact) mass is 342 g/mol. The smallest absolute Gasteiger partial charge is 0.419 e. The highest BCUT2D eigenvalue weighted by Gasteiger charge is 2.20. The summed E-state index contributed by atoms with van der Waals surface area (Å²) in [5.41, 5.74) is 3.68. The van der Waals surface area contributed by atoms with E-state index in [4.69, 9.17) is 4.74 Å². The van der Waals surface area contributed by atoms with Crippen molar-refractivity contribution >= 4 is 6.09 Å². The molecule has 1 aromatic carbocycles. The quantitative estimate of drug-likeness (QED) is 0.627. The number of hydrogen-bond donors (Lipinski definition) is 0. The Morgan fingerprint density at radius 1 is 1.20 bits per heavy atom. The Morgan fingerprint density at radius 2 is 1.96 bits per heavy atom. The molecule has 0 aliphatic rings. The van der Waals surface area contributed by atoms with Crippen LogP contribution < -0.4 is 0 Å². The van der Waals surface area contributed by atoms with Crippen LogP contribution >= 0.6 is 0 Å². The largest absolute Gasteiger partial charge is 0.449 e. The molecule has 25 heavy (non-hydrogen) atoms. The van der Waals surface area contributed by atoms with E-state index in [0.29, 0.717) is 12.5 Å². The molecule has 0 aliphatic carbocycles. The Labute approximate surface area is 151 Å². The number of hydrogen-bond acceptors (Lipinski definition) is 3. The van der Waals surface area contributed by atoms with Crippen LogP contribution in [0.1, 0.15) is 68.5 Å². The van der Waals surface area contributed by atoms with Gasteiger partial charge in [0.1, 0.15) is 5.82 Å². The Bertz CT molecular complexity index is 704. The fourth-order valence-corrected chi connectivity index (χ4v) is 3.06. The van der Waals surface area contributed by atoms with E-state index in [1.165, 1.54) is 21.3 Å². The van der Waals surface area contributed by atoms with E-state index >= 15 is 0 Å². The lowest BCUT2D eigenvalue weighted by Gasteiger charge is -2.17. The summed E-state index contributed by atoms with van der Waals surface area (Å²) in [6.07, 6.45) is 6.16. The average Bonchev–Trinajstić information content (AvgIpc) is 3.05. The maximum atomic E-state index is 12.4. The predicted molar refractivity (Wildman–Crippen MR) is 101 cm³/mol. The van der Waals surface area contributed by atoms with Crippen LogP contribution in [0.25, 0.3) is 0 Å². The van der Waals surface area contributed by atoms with E-state index in [1.54, 1.807) is 12.4 Å². The van der Waals surface area contributed by atoms with E-state index in [0.717, 1.165) is 25.1 Å². The molecule has 136 valence electrons. The topological polar surface area (TPSA) is 44.1 Å². The molecule has 2 rings (SSSR count). The van der Waals surface area contributed by atoms with Gasteiger partial charge in [-0.15, -0.1) is 0 Å². The minimum atomic E-state index is -0.339. The summed E-state index contributed by atoms with van der Waals surface area (Å²) in [7, 11) is 0. The number of aryl methyl sites for hydroxylation is 1.